The van der Waals surface area contributed by atoms with Crippen LogP contribution in [0.2, 0.25) is 0 Å². The molecule has 0 aliphatic heterocycles. The Morgan fingerprint density at radius 2 is 1.37 bits per heavy atom. The van der Waals surface area contributed by atoms with Crippen LogP contribution in [0.25, 0.3) is 0 Å². The van der Waals surface area contributed by atoms with Crippen molar-refractivity contribution in [3.63, 3.8) is 0 Å². The van der Waals surface area contributed by atoms with Gasteiger partial charge in [-0.2, -0.15) is 0 Å². The molecule has 1 heterocycles. The summed E-state index contributed by atoms with van der Waals surface area (Å²) in [5.41, 5.74) is 10.2. The minimum Gasteiger partial charge on any atom is -0.497 e. The zero-order valence-corrected chi connectivity index (χ0v) is 17.5. The number of benzene rings is 2. The van der Waals surface area contributed by atoms with Crippen molar-refractivity contribution in [3.8, 4) is 11.5 Å². The van der Waals surface area contributed by atoms with Crippen LogP contribution < -0.4 is 15.2 Å². The molecule has 0 unspecified atom stereocenters. The van der Waals surface area contributed by atoms with Crippen LogP contribution in [0.4, 0.5) is 5.82 Å². The second kappa shape index (κ2) is 11.2. The summed E-state index contributed by atoms with van der Waals surface area (Å²) in [6.45, 7) is 1.99. The number of hydrogen-bond acceptors (Lipinski definition) is 6. The van der Waals surface area contributed by atoms with Gasteiger partial charge in [0.2, 0.25) is 0 Å². The summed E-state index contributed by atoms with van der Waals surface area (Å²) in [6.07, 6.45) is 2.44. The molecule has 3 aromatic rings. The summed E-state index contributed by atoms with van der Waals surface area (Å²) in [6, 6.07) is 17.8. The lowest BCUT2D eigenvalue weighted by molar-refractivity contribution is 0.0337. The van der Waals surface area contributed by atoms with Crippen molar-refractivity contribution < 1.29 is 18.9 Å². The predicted molar refractivity (Wildman–Crippen MR) is 117 cm³/mol. The molecule has 0 radical (unpaired) electrons. The Labute approximate surface area is 177 Å². The molecular weight excluding hydrogens is 380 g/mol. The van der Waals surface area contributed by atoms with E-state index in [2.05, 4.69) is 4.98 Å². The van der Waals surface area contributed by atoms with Crippen LogP contribution in [0, 0.1) is 0 Å². The predicted octanol–water partition coefficient (Wildman–Crippen LogP) is 4.01. The number of ether oxygens (including phenoxy) is 4. The molecule has 0 amide bonds. The molecular formula is C24H28N2O4. The zero-order chi connectivity index (χ0) is 21.2. The fourth-order valence-corrected chi connectivity index (χ4v) is 3.05. The highest BCUT2D eigenvalue weighted by Gasteiger charge is 2.06. The van der Waals surface area contributed by atoms with Gasteiger partial charge in [0.25, 0.3) is 0 Å². The Bertz CT molecular complexity index is 946. The first kappa shape index (κ1) is 21.6. The smallest absolute Gasteiger partial charge is 0.126 e. The van der Waals surface area contributed by atoms with Gasteiger partial charge in [-0.25, -0.2) is 4.98 Å². The monoisotopic (exact) mass is 408 g/mol. The Balaban J connectivity index is 1.44. The van der Waals surface area contributed by atoms with Gasteiger partial charge in [-0.05, 0) is 52.6 Å². The third-order valence-corrected chi connectivity index (χ3v) is 4.63. The van der Waals surface area contributed by atoms with Gasteiger partial charge in [0.05, 0.1) is 40.6 Å². The Kier molecular flexibility index (Phi) is 8.06. The van der Waals surface area contributed by atoms with Crippen molar-refractivity contribution >= 4 is 5.82 Å². The highest BCUT2D eigenvalue weighted by molar-refractivity contribution is 5.44. The number of nitrogen functional groups attached to an aromatic ring is 1. The second-order valence-corrected chi connectivity index (χ2v) is 6.87. The number of anilines is 1. The number of pyridine rings is 1. The van der Waals surface area contributed by atoms with Crippen LogP contribution in [0.1, 0.15) is 22.3 Å². The van der Waals surface area contributed by atoms with E-state index in [0.29, 0.717) is 38.7 Å². The van der Waals surface area contributed by atoms with Crippen LogP contribution in [-0.4, -0.2) is 32.4 Å². The van der Waals surface area contributed by atoms with Crippen molar-refractivity contribution in [2.45, 2.75) is 19.6 Å². The highest BCUT2D eigenvalue weighted by atomic mass is 16.5. The molecule has 0 atom stereocenters. The number of nitrogens with zero attached hydrogens (tertiary/aromatic N) is 1. The van der Waals surface area contributed by atoms with Gasteiger partial charge in [-0.15, -0.1) is 0 Å². The number of hydrogen-bond donors (Lipinski definition) is 1. The van der Waals surface area contributed by atoms with E-state index in [0.717, 1.165) is 33.8 Å². The Morgan fingerprint density at radius 1 is 0.767 bits per heavy atom. The maximum absolute atomic E-state index is 6.07. The molecule has 2 N–H and O–H groups in total. The molecule has 30 heavy (non-hydrogen) atoms. The average Bonchev–Trinajstić information content (AvgIpc) is 2.78. The van der Waals surface area contributed by atoms with E-state index in [-0.39, 0.29) is 0 Å². The SMILES string of the molecule is COc1cccc(COCCOCc2cnc(N)c(Cc3cccc(OC)c3)c2)c1. The van der Waals surface area contributed by atoms with Gasteiger partial charge in [-0.1, -0.05) is 24.3 Å². The van der Waals surface area contributed by atoms with Crippen molar-refractivity contribution in [1.82, 2.24) is 4.98 Å². The van der Waals surface area contributed by atoms with E-state index in [1.165, 1.54) is 0 Å². The second-order valence-electron chi connectivity index (χ2n) is 6.87. The van der Waals surface area contributed by atoms with Crippen molar-refractivity contribution in [2.24, 2.45) is 0 Å². The lowest BCUT2D eigenvalue weighted by atomic mass is 10.0. The van der Waals surface area contributed by atoms with Gasteiger partial charge < -0.3 is 24.7 Å². The summed E-state index contributed by atoms with van der Waals surface area (Å²) in [5, 5.41) is 0. The third-order valence-electron chi connectivity index (χ3n) is 4.63. The number of rotatable bonds is 11. The first-order valence-electron chi connectivity index (χ1n) is 9.82. The van der Waals surface area contributed by atoms with Gasteiger partial charge in [0, 0.05) is 12.6 Å². The molecule has 3 rings (SSSR count). The van der Waals surface area contributed by atoms with E-state index >= 15 is 0 Å². The molecule has 0 fully saturated rings. The van der Waals surface area contributed by atoms with Gasteiger partial charge >= 0.3 is 0 Å². The quantitative estimate of drug-likeness (QED) is 0.483. The standard InChI is InChI=1S/C24H28N2O4/c1-27-22-7-3-5-18(13-22)11-21-12-20(15-26-24(21)25)17-30-10-9-29-16-19-6-4-8-23(14-19)28-2/h3-8,12-15H,9-11,16-17H2,1-2H3,(H2,25,26). The van der Waals surface area contributed by atoms with Gasteiger partial charge in [0.1, 0.15) is 17.3 Å². The zero-order valence-electron chi connectivity index (χ0n) is 17.5. The average molecular weight is 408 g/mol. The molecule has 2 aromatic carbocycles. The fourth-order valence-electron chi connectivity index (χ4n) is 3.05. The van der Waals surface area contributed by atoms with E-state index in [1.54, 1.807) is 20.4 Å². The number of nitrogens with two attached hydrogens (primary N) is 1. The highest BCUT2D eigenvalue weighted by Crippen LogP contribution is 2.20. The van der Waals surface area contributed by atoms with E-state index < -0.39 is 0 Å². The molecule has 0 aliphatic carbocycles. The summed E-state index contributed by atoms with van der Waals surface area (Å²) in [5.74, 6) is 2.18. The van der Waals surface area contributed by atoms with Gasteiger partial charge in [0.15, 0.2) is 0 Å². The van der Waals surface area contributed by atoms with Crippen LogP contribution in [0.15, 0.2) is 60.8 Å². The molecule has 158 valence electrons. The first-order valence-corrected chi connectivity index (χ1v) is 9.82. The summed E-state index contributed by atoms with van der Waals surface area (Å²) < 4.78 is 21.9. The van der Waals surface area contributed by atoms with Crippen LogP contribution in [0.5, 0.6) is 11.5 Å². The molecule has 1 aromatic heterocycles. The van der Waals surface area contributed by atoms with E-state index in [9.17, 15) is 0 Å². The fraction of sp³-hybridized carbons (Fsp3) is 0.292. The van der Waals surface area contributed by atoms with E-state index in [4.69, 9.17) is 24.7 Å². The Hall–Kier alpha value is -3.09. The van der Waals surface area contributed by atoms with Crippen LogP contribution in [-0.2, 0) is 29.1 Å². The van der Waals surface area contributed by atoms with Crippen molar-refractivity contribution in [2.75, 3.05) is 33.2 Å². The van der Waals surface area contributed by atoms with Crippen LogP contribution >= 0.6 is 0 Å². The normalized spacial score (nSPS) is 10.7. The molecule has 6 nitrogen and oxygen atoms in total. The third kappa shape index (κ3) is 6.47. The summed E-state index contributed by atoms with van der Waals surface area (Å²) >= 11 is 0. The molecule has 0 saturated heterocycles. The maximum Gasteiger partial charge on any atom is 0.126 e. The molecule has 0 bridgehead atoms. The molecule has 6 heteroatoms. The van der Waals surface area contributed by atoms with E-state index in [1.807, 2.05) is 54.6 Å². The first-order chi connectivity index (χ1) is 14.7. The minimum absolute atomic E-state index is 0.459. The van der Waals surface area contributed by atoms with Crippen LogP contribution in [0.3, 0.4) is 0 Å². The Morgan fingerprint density at radius 3 is 2.03 bits per heavy atom. The van der Waals surface area contributed by atoms with Crippen molar-refractivity contribution in [3.05, 3.63) is 83.0 Å². The van der Waals surface area contributed by atoms with Crippen molar-refractivity contribution in [1.29, 1.82) is 0 Å². The summed E-state index contributed by atoms with van der Waals surface area (Å²) in [4.78, 5) is 4.31. The molecule has 0 saturated carbocycles. The number of aromatic nitrogens is 1. The maximum atomic E-state index is 6.07. The summed E-state index contributed by atoms with van der Waals surface area (Å²) in [7, 11) is 3.31. The van der Waals surface area contributed by atoms with Gasteiger partial charge in [-0.3, -0.25) is 0 Å². The topological polar surface area (TPSA) is 75.8 Å². The number of methoxy groups -OCH3 is 2. The lowest BCUT2D eigenvalue weighted by Crippen LogP contribution is -2.06. The molecule has 0 aliphatic rings. The molecule has 0 spiro atoms. The lowest BCUT2D eigenvalue weighted by Gasteiger charge is -2.10. The minimum atomic E-state index is 0.459. The largest absolute Gasteiger partial charge is 0.497 e.